The number of hydrogen-bond donors (Lipinski definition) is 2. The van der Waals surface area contributed by atoms with E-state index in [1.54, 1.807) is 7.11 Å². The molecule has 3 aromatic carbocycles. The highest BCUT2D eigenvalue weighted by Crippen LogP contribution is 2.41. The summed E-state index contributed by atoms with van der Waals surface area (Å²) in [5.41, 5.74) is 8.54. The number of ether oxygens (including phenoxy) is 3. The Morgan fingerprint density at radius 2 is 1.95 bits per heavy atom. The van der Waals surface area contributed by atoms with Crippen molar-refractivity contribution >= 4 is 11.8 Å². The van der Waals surface area contributed by atoms with Crippen molar-refractivity contribution in [1.82, 2.24) is 10.2 Å². The number of amides is 2. The number of benzene rings is 3. The zero-order chi connectivity index (χ0) is 28.1. The van der Waals surface area contributed by atoms with E-state index in [2.05, 4.69) is 5.32 Å². The number of nitrogens with two attached hydrogens (primary N) is 1. The first-order valence-electron chi connectivity index (χ1n) is 13.7. The Kier molecular flexibility index (Phi) is 8.50. The summed E-state index contributed by atoms with van der Waals surface area (Å²) >= 11 is 0. The molecule has 210 valence electrons. The molecule has 3 aliphatic heterocycles. The molecule has 6 rings (SSSR count). The predicted molar refractivity (Wildman–Crippen MR) is 149 cm³/mol. The molecule has 0 fully saturated rings. The zero-order valence-electron chi connectivity index (χ0n) is 22.6. The lowest BCUT2D eigenvalue weighted by Crippen LogP contribution is -2.40. The Hall–Kier alpha value is -4.11. The molecule has 40 heavy (non-hydrogen) atoms. The number of nitrogens with one attached hydrogen (secondary N) is 1. The maximum Gasteiger partial charge on any atom is 0.254 e. The largest absolute Gasteiger partial charge is 0.493 e. The SMILES string of the molecule is COc1ccc2cc1OCCCNC(=O)c1cc(ccc1F)Oc1ccc3c(c1)CCN(C(=O)CCCCN)C23. The number of rotatable bonds is 5. The number of methoxy groups -OCH3 is 1. The van der Waals surface area contributed by atoms with Crippen molar-refractivity contribution in [2.75, 3.05) is 33.4 Å². The summed E-state index contributed by atoms with van der Waals surface area (Å²) in [6.45, 7) is 1.70. The van der Waals surface area contributed by atoms with Crippen LogP contribution in [0.3, 0.4) is 0 Å². The molecular formula is C31H34FN3O5. The van der Waals surface area contributed by atoms with E-state index in [-0.39, 0.29) is 17.5 Å². The van der Waals surface area contributed by atoms with Crippen molar-refractivity contribution in [1.29, 1.82) is 0 Å². The van der Waals surface area contributed by atoms with E-state index in [9.17, 15) is 14.0 Å². The van der Waals surface area contributed by atoms with Gasteiger partial charge in [0.1, 0.15) is 17.3 Å². The minimum absolute atomic E-state index is 0.0828. The van der Waals surface area contributed by atoms with Crippen molar-refractivity contribution in [2.24, 2.45) is 5.73 Å². The van der Waals surface area contributed by atoms with Gasteiger partial charge in [-0.3, -0.25) is 9.59 Å². The summed E-state index contributed by atoms with van der Waals surface area (Å²) in [5, 5.41) is 2.74. The van der Waals surface area contributed by atoms with Crippen LogP contribution in [0.1, 0.15) is 58.8 Å². The lowest BCUT2D eigenvalue weighted by Gasteiger charge is -2.38. The summed E-state index contributed by atoms with van der Waals surface area (Å²) in [4.78, 5) is 28.0. The zero-order valence-corrected chi connectivity index (χ0v) is 22.6. The third-order valence-corrected chi connectivity index (χ3v) is 7.29. The van der Waals surface area contributed by atoms with Crippen molar-refractivity contribution in [3.8, 4) is 23.0 Å². The highest BCUT2D eigenvalue weighted by molar-refractivity contribution is 5.94. The van der Waals surface area contributed by atoms with E-state index in [1.165, 1.54) is 18.2 Å². The molecule has 3 aliphatic rings. The van der Waals surface area contributed by atoms with Crippen LogP contribution in [0.2, 0.25) is 0 Å². The van der Waals surface area contributed by atoms with Crippen LogP contribution >= 0.6 is 0 Å². The molecule has 8 nitrogen and oxygen atoms in total. The maximum atomic E-state index is 14.5. The van der Waals surface area contributed by atoms with Gasteiger partial charge in [0, 0.05) is 19.5 Å². The average Bonchev–Trinajstić information content (AvgIpc) is 2.96. The highest BCUT2D eigenvalue weighted by Gasteiger charge is 2.33. The lowest BCUT2D eigenvalue weighted by atomic mass is 9.87. The number of carbonyl (C=O) groups excluding carboxylic acids is 2. The van der Waals surface area contributed by atoms with Gasteiger partial charge in [0.05, 0.1) is 25.3 Å². The van der Waals surface area contributed by atoms with Gasteiger partial charge in [-0.25, -0.2) is 4.39 Å². The van der Waals surface area contributed by atoms with Crippen molar-refractivity contribution < 1.29 is 28.2 Å². The van der Waals surface area contributed by atoms with Gasteiger partial charge in [-0.1, -0.05) is 12.1 Å². The Balaban J connectivity index is 1.57. The Morgan fingerprint density at radius 3 is 2.77 bits per heavy atom. The van der Waals surface area contributed by atoms with Gasteiger partial charge in [-0.15, -0.1) is 0 Å². The molecule has 8 bridgehead atoms. The number of halogens is 1. The van der Waals surface area contributed by atoms with Crippen LogP contribution in [0.15, 0.2) is 54.6 Å². The van der Waals surface area contributed by atoms with Crippen LogP contribution in [-0.4, -0.2) is 50.1 Å². The van der Waals surface area contributed by atoms with Crippen LogP contribution in [0.4, 0.5) is 4.39 Å². The topological polar surface area (TPSA) is 103 Å². The minimum Gasteiger partial charge on any atom is -0.493 e. The van der Waals surface area contributed by atoms with E-state index >= 15 is 0 Å². The summed E-state index contributed by atoms with van der Waals surface area (Å²) in [5.74, 6) is 0.988. The number of nitrogens with zero attached hydrogens (tertiary/aromatic N) is 1. The molecule has 0 saturated carbocycles. The second-order valence-electron chi connectivity index (χ2n) is 9.96. The molecule has 2 amide bonds. The highest BCUT2D eigenvalue weighted by atomic mass is 19.1. The first-order valence-corrected chi connectivity index (χ1v) is 13.7. The molecule has 0 saturated heterocycles. The Morgan fingerprint density at radius 1 is 1.12 bits per heavy atom. The average molecular weight is 548 g/mol. The summed E-state index contributed by atoms with van der Waals surface area (Å²) < 4.78 is 32.1. The molecule has 9 heteroatoms. The molecule has 0 radical (unpaired) electrons. The maximum absolute atomic E-state index is 14.5. The first kappa shape index (κ1) is 27.5. The van der Waals surface area contributed by atoms with Gasteiger partial charge < -0.3 is 30.2 Å². The van der Waals surface area contributed by atoms with E-state index in [0.29, 0.717) is 68.5 Å². The number of fused-ring (bicyclic) bond motifs is 6. The molecule has 3 heterocycles. The molecule has 0 aliphatic carbocycles. The minimum atomic E-state index is -0.624. The van der Waals surface area contributed by atoms with E-state index < -0.39 is 11.7 Å². The molecule has 1 atom stereocenters. The van der Waals surface area contributed by atoms with Crippen LogP contribution in [0.25, 0.3) is 0 Å². The third-order valence-electron chi connectivity index (χ3n) is 7.29. The summed E-state index contributed by atoms with van der Waals surface area (Å²) in [7, 11) is 1.58. The molecule has 0 spiro atoms. The van der Waals surface area contributed by atoms with Gasteiger partial charge >= 0.3 is 0 Å². The van der Waals surface area contributed by atoms with Crippen molar-refractivity contribution in [3.63, 3.8) is 0 Å². The summed E-state index contributed by atoms with van der Waals surface area (Å²) in [6, 6.07) is 15.3. The molecular weight excluding hydrogens is 513 g/mol. The number of hydrogen-bond acceptors (Lipinski definition) is 6. The van der Waals surface area contributed by atoms with Crippen molar-refractivity contribution in [2.45, 2.75) is 38.1 Å². The molecule has 1 unspecified atom stereocenters. The van der Waals surface area contributed by atoms with Gasteiger partial charge in [0.2, 0.25) is 5.91 Å². The standard InChI is InChI=1S/C31H34FN3O5/c1-38-27-11-6-21-18-28(27)39-16-4-14-34-31(37)25-19-23(8-10-26(25)32)40-22-7-9-24-20(17-22)12-15-35(30(21)24)29(36)5-2-3-13-33/h6-11,17-19,30H,2-5,12-16,33H2,1H3,(H,34,37). The van der Waals surface area contributed by atoms with Crippen LogP contribution in [0, 0.1) is 5.82 Å². The monoisotopic (exact) mass is 547 g/mol. The van der Waals surface area contributed by atoms with E-state index in [1.807, 2.05) is 41.3 Å². The van der Waals surface area contributed by atoms with Crippen LogP contribution in [0.5, 0.6) is 23.0 Å². The number of unbranched alkanes of at least 4 members (excludes halogenated alkanes) is 1. The lowest BCUT2D eigenvalue weighted by molar-refractivity contribution is -0.133. The smallest absolute Gasteiger partial charge is 0.254 e. The molecule has 3 N–H and O–H groups in total. The third kappa shape index (κ3) is 5.89. The fourth-order valence-corrected chi connectivity index (χ4v) is 5.26. The normalized spacial score (nSPS) is 16.7. The molecule has 3 aromatic rings. The Bertz CT molecular complexity index is 1400. The second-order valence-corrected chi connectivity index (χ2v) is 9.96. The van der Waals surface area contributed by atoms with Gasteiger partial charge in [-0.2, -0.15) is 0 Å². The van der Waals surface area contributed by atoms with E-state index in [0.717, 1.165) is 29.5 Å². The number of carbonyl (C=O) groups is 2. The van der Waals surface area contributed by atoms with Gasteiger partial charge in [0.25, 0.3) is 5.91 Å². The summed E-state index contributed by atoms with van der Waals surface area (Å²) in [6.07, 6.45) is 3.13. The molecule has 0 aromatic heterocycles. The quantitative estimate of drug-likeness (QED) is 0.448. The Labute approximate surface area is 233 Å². The fourth-order valence-electron chi connectivity index (χ4n) is 5.26. The van der Waals surface area contributed by atoms with E-state index in [4.69, 9.17) is 19.9 Å². The predicted octanol–water partition coefficient (Wildman–Crippen LogP) is 4.74. The fraction of sp³-hybridized carbons (Fsp3) is 0.355. The van der Waals surface area contributed by atoms with Crippen LogP contribution < -0.4 is 25.3 Å². The van der Waals surface area contributed by atoms with Crippen LogP contribution in [-0.2, 0) is 11.2 Å². The van der Waals surface area contributed by atoms with Crippen molar-refractivity contribution in [3.05, 3.63) is 82.7 Å². The first-order chi connectivity index (χ1) is 19.5. The second kappa shape index (κ2) is 12.4. The van der Waals surface area contributed by atoms with Gasteiger partial charge in [-0.05, 0) is 91.4 Å². The van der Waals surface area contributed by atoms with Gasteiger partial charge in [0.15, 0.2) is 11.5 Å².